The van der Waals surface area contributed by atoms with Crippen molar-refractivity contribution in [3.8, 4) is 12.1 Å². The standard InChI is InChI=1S/C17H20N2/c1-13(2)14(3)17(12-19,16(4,5)11-18)15-9-7-6-8-10-15/h6-10H,1-5H3. The molecule has 2 heteroatoms. The summed E-state index contributed by atoms with van der Waals surface area (Å²) >= 11 is 0. The average Bonchev–Trinajstić information content (AvgIpc) is 2.40. The third-order valence-corrected chi connectivity index (χ3v) is 3.90. The fraction of sp³-hybridized carbons (Fsp3) is 0.412. The lowest BCUT2D eigenvalue weighted by Crippen LogP contribution is -2.41. The lowest BCUT2D eigenvalue weighted by Gasteiger charge is -2.39. The smallest absolute Gasteiger partial charge is 0.121 e. The molecule has 0 N–H and O–H groups in total. The van der Waals surface area contributed by atoms with Gasteiger partial charge in [0.2, 0.25) is 0 Å². The first-order valence-corrected chi connectivity index (χ1v) is 6.36. The summed E-state index contributed by atoms with van der Waals surface area (Å²) in [5.41, 5.74) is 1.19. The molecule has 0 amide bonds. The van der Waals surface area contributed by atoms with Crippen LogP contribution in [0, 0.1) is 28.1 Å². The highest BCUT2D eigenvalue weighted by atomic mass is 14.5. The van der Waals surface area contributed by atoms with Gasteiger partial charge in [0.25, 0.3) is 0 Å². The molecular formula is C17H20N2. The first kappa shape index (κ1) is 15.0. The minimum atomic E-state index is -0.915. The van der Waals surface area contributed by atoms with Crippen molar-refractivity contribution in [2.24, 2.45) is 5.41 Å². The Hall–Kier alpha value is -2.06. The van der Waals surface area contributed by atoms with E-state index < -0.39 is 10.8 Å². The van der Waals surface area contributed by atoms with Gasteiger partial charge in [-0.2, -0.15) is 10.5 Å². The van der Waals surface area contributed by atoms with Crippen molar-refractivity contribution in [3.63, 3.8) is 0 Å². The molecule has 0 aliphatic heterocycles. The third kappa shape index (κ3) is 2.27. The molecule has 0 spiro atoms. The quantitative estimate of drug-likeness (QED) is 0.751. The third-order valence-electron chi connectivity index (χ3n) is 3.90. The summed E-state index contributed by atoms with van der Waals surface area (Å²) in [6.07, 6.45) is 0. The Bertz CT molecular complexity index is 564. The number of benzene rings is 1. The van der Waals surface area contributed by atoms with Gasteiger partial charge in [0.15, 0.2) is 0 Å². The van der Waals surface area contributed by atoms with Crippen LogP contribution >= 0.6 is 0 Å². The van der Waals surface area contributed by atoms with Crippen molar-refractivity contribution in [3.05, 3.63) is 47.0 Å². The lowest BCUT2D eigenvalue weighted by atomic mass is 9.59. The number of hydrogen-bond acceptors (Lipinski definition) is 2. The first-order valence-electron chi connectivity index (χ1n) is 6.36. The summed E-state index contributed by atoms with van der Waals surface area (Å²) in [6, 6.07) is 14.3. The molecule has 0 bridgehead atoms. The maximum Gasteiger partial charge on any atom is 0.121 e. The molecule has 19 heavy (non-hydrogen) atoms. The van der Waals surface area contributed by atoms with Crippen LogP contribution in [0.3, 0.4) is 0 Å². The van der Waals surface area contributed by atoms with Gasteiger partial charge in [-0.3, -0.25) is 0 Å². The Morgan fingerprint density at radius 1 is 0.947 bits per heavy atom. The summed E-state index contributed by atoms with van der Waals surface area (Å²) in [5.74, 6) is 0. The van der Waals surface area contributed by atoms with Crippen LogP contribution in [0.1, 0.15) is 40.2 Å². The number of rotatable bonds is 3. The maximum atomic E-state index is 9.88. The molecule has 0 saturated carbocycles. The van der Waals surface area contributed by atoms with E-state index in [0.717, 1.165) is 16.7 Å². The van der Waals surface area contributed by atoms with Gasteiger partial charge in [0.1, 0.15) is 5.41 Å². The molecule has 1 atom stereocenters. The number of allylic oxidation sites excluding steroid dienone is 2. The highest BCUT2D eigenvalue weighted by Gasteiger charge is 2.49. The van der Waals surface area contributed by atoms with Crippen LogP contribution in [0.2, 0.25) is 0 Å². The van der Waals surface area contributed by atoms with Crippen LogP contribution in [0.4, 0.5) is 0 Å². The van der Waals surface area contributed by atoms with Crippen LogP contribution in [0.5, 0.6) is 0 Å². The zero-order valence-electron chi connectivity index (χ0n) is 12.3. The van der Waals surface area contributed by atoms with E-state index in [2.05, 4.69) is 12.1 Å². The number of nitriles is 2. The summed E-state index contributed by atoms with van der Waals surface area (Å²) < 4.78 is 0. The second-order valence-electron chi connectivity index (χ2n) is 5.59. The zero-order valence-corrected chi connectivity index (χ0v) is 12.3. The molecule has 1 aromatic carbocycles. The molecule has 0 fully saturated rings. The van der Waals surface area contributed by atoms with Crippen molar-refractivity contribution in [2.75, 3.05) is 0 Å². The molecule has 2 nitrogen and oxygen atoms in total. The van der Waals surface area contributed by atoms with E-state index in [4.69, 9.17) is 0 Å². The largest absolute Gasteiger partial charge is 0.198 e. The summed E-state index contributed by atoms with van der Waals surface area (Å²) in [5, 5.41) is 19.4. The normalized spacial score (nSPS) is 13.8. The minimum absolute atomic E-state index is 0.801. The molecule has 0 heterocycles. The molecule has 0 aliphatic carbocycles. The number of nitrogens with zero attached hydrogens (tertiary/aromatic N) is 2. The Morgan fingerprint density at radius 3 is 1.84 bits per heavy atom. The van der Waals surface area contributed by atoms with E-state index >= 15 is 0 Å². The highest BCUT2D eigenvalue weighted by Crippen LogP contribution is 2.47. The van der Waals surface area contributed by atoms with E-state index in [1.807, 2.05) is 65.0 Å². The minimum Gasteiger partial charge on any atom is -0.198 e. The van der Waals surface area contributed by atoms with E-state index in [9.17, 15) is 10.5 Å². The van der Waals surface area contributed by atoms with Gasteiger partial charge in [-0.25, -0.2) is 0 Å². The van der Waals surface area contributed by atoms with Gasteiger partial charge in [-0.05, 0) is 45.8 Å². The van der Waals surface area contributed by atoms with Gasteiger partial charge in [0.05, 0.1) is 17.6 Å². The molecule has 0 aromatic heterocycles. The average molecular weight is 252 g/mol. The van der Waals surface area contributed by atoms with Gasteiger partial charge in [0, 0.05) is 0 Å². The second-order valence-corrected chi connectivity index (χ2v) is 5.59. The van der Waals surface area contributed by atoms with Crippen molar-refractivity contribution < 1.29 is 0 Å². The van der Waals surface area contributed by atoms with Gasteiger partial charge in [-0.15, -0.1) is 0 Å². The Balaban J connectivity index is 3.76. The van der Waals surface area contributed by atoms with Crippen LogP contribution in [0.25, 0.3) is 0 Å². The molecular weight excluding hydrogens is 232 g/mol. The molecule has 0 radical (unpaired) electrons. The van der Waals surface area contributed by atoms with E-state index in [1.54, 1.807) is 0 Å². The first-order chi connectivity index (χ1) is 8.83. The maximum absolute atomic E-state index is 9.88. The van der Waals surface area contributed by atoms with Gasteiger partial charge >= 0.3 is 0 Å². The van der Waals surface area contributed by atoms with E-state index in [0.29, 0.717) is 0 Å². The van der Waals surface area contributed by atoms with Crippen LogP contribution in [-0.2, 0) is 5.41 Å². The topological polar surface area (TPSA) is 47.6 Å². The molecule has 1 unspecified atom stereocenters. The lowest BCUT2D eigenvalue weighted by molar-refractivity contribution is 0.343. The summed E-state index contributed by atoms with van der Waals surface area (Å²) in [7, 11) is 0. The summed E-state index contributed by atoms with van der Waals surface area (Å²) in [4.78, 5) is 0. The SMILES string of the molecule is CC(C)=C(C)C(C#N)(c1ccccc1)C(C)(C)C#N. The predicted molar refractivity (Wildman–Crippen MR) is 77.2 cm³/mol. The number of hydrogen-bond donors (Lipinski definition) is 0. The molecule has 1 aromatic rings. The Morgan fingerprint density at radius 2 is 1.47 bits per heavy atom. The molecule has 98 valence electrons. The van der Waals surface area contributed by atoms with Gasteiger partial charge < -0.3 is 0 Å². The van der Waals surface area contributed by atoms with Crippen LogP contribution in [0.15, 0.2) is 41.5 Å². The molecule has 0 saturated heterocycles. The fourth-order valence-corrected chi connectivity index (χ4v) is 2.48. The van der Waals surface area contributed by atoms with E-state index in [-0.39, 0.29) is 0 Å². The van der Waals surface area contributed by atoms with Crippen molar-refractivity contribution in [2.45, 2.75) is 40.0 Å². The van der Waals surface area contributed by atoms with E-state index in [1.165, 1.54) is 0 Å². The summed E-state index contributed by atoms with van der Waals surface area (Å²) in [6.45, 7) is 9.57. The molecule has 0 aliphatic rings. The highest BCUT2D eigenvalue weighted by molar-refractivity contribution is 5.49. The molecule has 1 rings (SSSR count). The zero-order chi connectivity index (χ0) is 14.7. The van der Waals surface area contributed by atoms with Crippen molar-refractivity contribution >= 4 is 0 Å². The second kappa shape index (κ2) is 5.29. The van der Waals surface area contributed by atoms with Gasteiger partial charge in [-0.1, -0.05) is 35.9 Å². The Kier molecular flexibility index (Phi) is 4.17. The monoisotopic (exact) mass is 252 g/mol. The van der Waals surface area contributed by atoms with Crippen LogP contribution in [-0.4, -0.2) is 0 Å². The van der Waals surface area contributed by atoms with Crippen molar-refractivity contribution in [1.82, 2.24) is 0 Å². The van der Waals surface area contributed by atoms with Crippen molar-refractivity contribution in [1.29, 1.82) is 10.5 Å². The fourth-order valence-electron chi connectivity index (χ4n) is 2.48. The van der Waals surface area contributed by atoms with Crippen LogP contribution < -0.4 is 0 Å². The Labute approximate surface area is 116 Å². The predicted octanol–water partition coefficient (Wildman–Crippen LogP) is 4.35.